The summed E-state index contributed by atoms with van der Waals surface area (Å²) >= 11 is 12.3. The lowest BCUT2D eigenvalue weighted by Gasteiger charge is -2.32. The number of sulfonamides is 1. The molecule has 1 atom stereocenters. The molecule has 0 aliphatic carbocycles. The third-order valence-corrected chi connectivity index (χ3v) is 7.58. The fraction of sp³-hybridized carbons (Fsp3) is 0.391. The van der Waals surface area contributed by atoms with Gasteiger partial charge in [-0.05, 0) is 50.1 Å². The Bertz CT molecular complexity index is 1090. The lowest BCUT2D eigenvalue weighted by atomic mass is 10.1. The number of halogens is 2. The van der Waals surface area contributed by atoms with Crippen LogP contribution in [0.25, 0.3) is 0 Å². The molecule has 0 radical (unpaired) electrons. The number of hydrogen-bond acceptors (Lipinski definition) is 4. The predicted octanol–water partition coefficient (Wildman–Crippen LogP) is 3.87. The topological polar surface area (TPSA) is 86.8 Å². The number of hydrogen-bond donors (Lipinski definition) is 1. The fourth-order valence-electron chi connectivity index (χ4n) is 3.30. The lowest BCUT2D eigenvalue weighted by Crippen LogP contribution is -2.51. The van der Waals surface area contributed by atoms with Gasteiger partial charge in [-0.1, -0.05) is 53.9 Å². The van der Waals surface area contributed by atoms with Crippen LogP contribution in [-0.2, 0) is 26.2 Å². The molecule has 0 aliphatic heterocycles. The number of nitrogens with zero attached hydrogens (tertiary/aromatic N) is 2. The van der Waals surface area contributed by atoms with Gasteiger partial charge in [0.2, 0.25) is 21.8 Å². The van der Waals surface area contributed by atoms with E-state index < -0.39 is 28.5 Å². The normalized spacial score (nSPS) is 12.5. The highest BCUT2D eigenvalue weighted by Crippen LogP contribution is 2.24. The number of carbonyl (C=O) groups is 2. The number of benzene rings is 2. The maximum absolute atomic E-state index is 13.3. The van der Waals surface area contributed by atoms with Crippen molar-refractivity contribution in [1.82, 2.24) is 14.5 Å². The van der Waals surface area contributed by atoms with Gasteiger partial charge >= 0.3 is 0 Å². The molecule has 0 saturated carbocycles. The first-order chi connectivity index (χ1) is 15.5. The van der Waals surface area contributed by atoms with Gasteiger partial charge in [-0.15, -0.1) is 0 Å². The molecule has 0 saturated heterocycles. The molecule has 7 nitrogen and oxygen atoms in total. The van der Waals surface area contributed by atoms with Crippen molar-refractivity contribution in [2.24, 2.45) is 0 Å². The quantitative estimate of drug-likeness (QED) is 0.522. The molecule has 0 bridgehead atoms. The Kier molecular flexibility index (Phi) is 9.72. The molecular formula is C23H29Cl2N3O4S. The van der Waals surface area contributed by atoms with Crippen LogP contribution >= 0.6 is 23.2 Å². The molecule has 2 rings (SSSR count). The lowest BCUT2D eigenvalue weighted by molar-refractivity contribution is -0.141. The summed E-state index contributed by atoms with van der Waals surface area (Å²) in [6, 6.07) is 10.5. The van der Waals surface area contributed by atoms with Gasteiger partial charge in [-0.2, -0.15) is 4.31 Å². The summed E-state index contributed by atoms with van der Waals surface area (Å²) in [5.74, 6) is -0.834. The summed E-state index contributed by atoms with van der Waals surface area (Å²) in [6.45, 7) is 5.43. The van der Waals surface area contributed by atoms with Gasteiger partial charge < -0.3 is 10.2 Å². The van der Waals surface area contributed by atoms with E-state index in [2.05, 4.69) is 5.32 Å². The largest absolute Gasteiger partial charge is 0.355 e. The van der Waals surface area contributed by atoms with Crippen LogP contribution in [0, 0.1) is 6.92 Å². The molecule has 2 aromatic carbocycles. The van der Waals surface area contributed by atoms with Crippen LogP contribution in [0.3, 0.4) is 0 Å². The number of rotatable bonds is 10. The Morgan fingerprint density at radius 3 is 2.24 bits per heavy atom. The second-order valence-electron chi connectivity index (χ2n) is 7.65. The maximum Gasteiger partial charge on any atom is 0.243 e. The molecule has 2 aromatic rings. The summed E-state index contributed by atoms with van der Waals surface area (Å²) in [6.07, 6.45) is 0.344. The molecule has 0 spiro atoms. The standard InChI is InChI=1S/C23H29Cl2N3O4S/c1-5-21(23(30)26-6-2)28(14-17-9-10-18(24)13-20(17)25)22(29)15-27(4)33(31,32)19-11-7-16(3)8-12-19/h7-13,21H,5-6,14-15H2,1-4H3,(H,26,30). The highest BCUT2D eigenvalue weighted by Gasteiger charge is 2.32. The van der Waals surface area contributed by atoms with Gasteiger partial charge in [0, 0.05) is 30.2 Å². The van der Waals surface area contributed by atoms with E-state index in [0.29, 0.717) is 28.6 Å². The molecule has 0 aromatic heterocycles. The first-order valence-electron chi connectivity index (χ1n) is 10.5. The third kappa shape index (κ3) is 6.93. The van der Waals surface area contributed by atoms with Gasteiger partial charge in [0.25, 0.3) is 0 Å². The van der Waals surface area contributed by atoms with Crippen molar-refractivity contribution in [3.05, 3.63) is 63.6 Å². The van der Waals surface area contributed by atoms with Crippen LogP contribution in [0.1, 0.15) is 31.4 Å². The maximum atomic E-state index is 13.3. The molecule has 0 heterocycles. The Hall–Kier alpha value is -2.13. The second kappa shape index (κ2) is 11.8. The summed E-state index contributed by atoms with van der Waals surface area (Å²) in [7, 11) is -2.55. The van der Waals surface area contributed by atoms with Gasteiger partial charge in [-0.3, -0.25) is 9.59 Å². The van der Waals surface area contributed by atoms with Crippen LogP contribution in [0.5, 0.6) is 0 Å². The molecule has 2 amide bonds. The zero-order valence-corrected chi connectivity index (χ0v) is 21.5. The monoisotopic (exact) mass is 513 g/mol. The van der Waals surface area contributed by atoms with Gasteiger partial charge in [-0.25, -0.2) is 8.42 Å². The summed E-state index contributed by atoms with van der Waals surface area (Å²) < 4.78 is 26.9. The van der Waals surface area contributed by atoms with E-state index in [1.165, 1.54) is 24.1 Å². The van der Waals surface area contributed by atoms with E-state index in [1.807, 2.05) is 6.92 Å². The SMILES string of the molecule is CCNC(=O)C(CC)N(Cc1ccc(Cl)cc1Cl)C(=O)CN(C)S(=O)(=O)c1ccc(C)cc1. The molecule has 0 fully saturated rings. The zero-order valence-electron chi connectivity index (χ0n) is 19.1. The number of carbonyl (C=O) groups excluding carboxylic acids is 2. The van der Waals surface area contributed by atoms with E-state index in [1.54, 1.807) is 44.2 Å². The number of nitrogens with one attached hydrogen (secondary N) is 1. The number of amides is 2. The third-order valence-electron chi connectivity index (χ3n) is 5.18. The summed E-state index contributed by atoms with van der Waals surface area (Å²) in [5.41, 5.74) is 1.52. The summed E-state index contributed by atoms with van der Waals surface area (Å²) in [4.78, 5) is 27.5. The van der Waals surface area contributed by atoms with Crippen molar-refractivity contribution in [2.45, 2.75) is 44.7 Å². The Morgan fingerprint density at radius 2 is 1.70 bits per heavy atom. The van der Waals surface area contributed by atoms with E-state index in [-0.39, 0.29) is 17.3 Å². The van der Waals surface area contributed by atoms with Crippen molar-refractivity contribution < 1.29 is 18.0 Å². The van der Waals surface area contributed by atoms with Crippen molar-refractivity contribution in [3.63, 3.8) is 0 Å². The molecule has 1 N–H and O–H groups in total. The average Bonchev–Trinajstić information content (AvgIpc) is 2.75. The molecule has 1 unspecified atom stereocenters. The Morgan fingerprint density at radius 1 is 1.06 bits per heavy atom. The highest BCUT2D eigenvalue weighted by molar-refractivity contribution is 7.89. The minimum Gasteiger partial charge on any atom is -0.355 e. The Labute approximate surface area is 205 Å². The first-order valence-corrected chi connectivity index (χ1v) is 12.7. The molecule has 0 aliphatic rings. The molecular weight excluding hydrogens is 485 g/mol. The van der Waals surface area contributed by atoms with Crippen LogP contribution in [0.4, 0.5) is 0 Å². The average molecular weight is 514 g/mol. The highest BCUT2D eigenvalue weighted by atomic mass is 35.5. The predicted molar refractivity (Wildman–Crippen MR) is 131 cm³/mol. The van der Waals surface area contributed by atoms with Crippen molar-refractivity contribution in [2.75, 3.05) is 20.1 Å². The van der Waals surface area contributed by atoms with E-state index >= 15 is 0 Å². The van der Waals surface area contributed by atoms with Crippen molar-refractivity contribution >= 4 is 45.0 Å². The first kappa shape index (κ1) is 27.1. The van der Waals surface area contributed by atoms with Gasteiger partial charge in [0.1, 0.15) is 6.04 Å². The van der Waals surface area contributed by atoms with E-state index in [0.717, 1.165) is 9.87 Å². The van der Waals surface area contributed by atoms with E-state index in [9.17, 15) is 18.0 Å². The fourth-order valence-corrected chi connectivity index (χ4v) is 4.89. The molecule has 180 valence electrons. The van der Waals surface area contributed by atoms with Crippen molar-refractivity contribution in [1.29, 1.82) is 0 Å². The zero-order chi connectivity index (χ0) is 24.8. The number of likely N-dealkylation sites (N-methyl/N-ethyl adjacent to an activating group) is 2. The van der Waals surface area contributed by atoms with Crippen LogP contribution in [0.2, 0.25) is 10.0 Å². The van der Waals surface area contributed by atoms with Gasteiger partial charge in [0.05, 0.1) is 11.4 Å². The molecule has 33 heavy (non-hydrogen) atoms. The molecule has 10 heteroatoms. The van der Waals surface area contributed by atoms with Crippen LogP contribution in [0.15, 0.2) is 47.4 Å². The second-order valence-corrected chi connectivity index (χ2v) is 10.5. The van der Waals surface area contributed by atoms with Crippen LogP contribution < -0.4 is 5.32 Å². The van der Waals surface area contributed by atoms with Crippen molar-refractivity contribution in [3.8, 4) is 0 Å². The summed E-state index contributed by atoms with van der Waals surface area (Å²) in [5, 5.41) is 3.54. The van der Waals surface area contributed by atoms with E-state index in [4.69, 9.17) is 23.2 Å². The smallest absolute Gasteiger partial charge is 0.243 e. The minimum atomic E-state index is -3.89. The number of aryl methyl sites for hydroxylation is 1. The van der Waals surface area contributed by atoms with Crippen LogP contribution in [-0.4, -0.2) is 55.6 Å². The Balaban J connectivity index is 2.35. The van der Waals surface area contributed by atoms with Gasteiger partial charge in [0.15, 0.2) is 0 Å². The minimum absolute atomic E-state index is 0.0307.